The molecule has 0 bridgehead atoms. The van der Waals surface area contributed by atoms with Crippen LogP contribution in [0.5, 0.6) is 0 Å². The first-order valence-electron chi connectivity index (χ1n) is 9.52. The number of rotatable bonds is 6. The fraction of sp³-hybridized carbons (Fsp3) is 0.227. The van der Waals surface area contributed by atoms with Gasteiger partial charge in [-0.3, -0.25) is 14.7 Å². The predicted molar refractivity (Wildman–Crippen MR) is 112 cm³/mol. The maximum absolute atomic E-state index is 12.4. The molecule has 2 N–H and O–H groups in total. The Bertz CT molecular complexity index is 1140. The number of H-pyrrole nitrogens is 2. The summed E-state index contributed by atoms with van der Waals surface area (Å²) < 4.78 is 0. The Morgan fingerprint density at radius 3 is 2.54 bits per heavy atom. The van der Waals surface area contributed by atoms with Gasteiger partial charge < -0.3 is 4.98 Å². The second-order valence-electron chi connectivity index (χ2n) is 6.80. The van der Waals surface area contributed by atoms with Crippen LogP contribution in [0.3, 0.4) is 0 Å². The van der Waals surface area contributed by atoms with Crippen molar-refractivity contribution in [2.24, 2.45) is 0 Å². The lowest BCUT2D eigenvalue weighted by molar-refractivity contribution is 0.296. The molecule has 0 aliphatic heterocycles. The maximum Gasteiger partial charge on any atom is 0.273 e. The zero-order valence-electron chi connectivity index (χ0n) is 16.1. The fourth-order valence-electron chi connectivity index (χ4n) is 3.40. The molecule has 0 fully saturated rings. The van der Waals surface area contributed by atoms with Crippen molar-refractivity contribution in [2.45, 2.75) is 20.4 Å². The number of nitrogens with one attached hydrogen (secondary N) is 2. The van der Waals surface area contributed by atoms with E-state index in [9.17, 15) is 4.79 Å². The van der Waals surface area contributed by atoms with Crippen LogP contribution < -0.4 is 5.56 Å². The Balaban J connectivity index is 1.72. The average Bonchev–Trinajstić information content (AvgIpc) is 3.16. The van der Waals surface area contributed by atoms with Crippen LogP contribution >= 0.6 is 0 Å². The summed E-state index contributed by atoms with van der Waals surface area (Å²) in [5.74, 6) is 0. The summed E-state index contributed by atoms with van der Waals surface area (Å²) in [6, 6.07) is 14.0. The number of aromatic nitrogens is 4. The van der Waals surface area contributed by atoms with Gasteiger partial charge in [0.25, 0.3) is 5.56 Å². The van der Waals surface area contributed by atoms with Crippen LogP contribution in [0.2, 0.25) is 0 Å². The van der Waals surface area contributed by atoms with Crippen molar-refractivity contribution in [1.82, 2.24) is 25.1 Å². The lowest BCUT2D eigenvalue weighted by Crippen LogP contribution is -2.21. The van der Waals surface area contributed by atoms with Gasteiger partial charge in [0, 0.05) is 35.4 Å². The van der Waals surface area contributed by atoms with E-state index in [0.717, 1.165) is 41.8 Å². The van der Waals surface area contributed by atoms with E-state index in [2.05, 4.69) is 57.1 Å². The van der Waals surface area contributed by atoms with E-state index in [-0.39, 0.29) is 5.56 Å². The second-order valence-corrected chi connectivity index (χ2v) is 6.80. The maximum atomic E-state index is 12.4. The van der Waals surface area contributed by atoms with Gasteiger partial charge in [-0.05, 0) is 49.0 Å². The van der Waals surface area contributed by atoms with Crippen molar-refractivity contribution in [3.63, 3.8) is 0 Å². The minimum Gasteiger partial charge on any atom is -0.354 e. The van der Waals surface area contributed by atoms with Gasteiger partial charge in [-0.1, -0.05) is 26.0 Å². The molecular weight excluding hydrogens is 350 g/mol. The van der Waals surface area contributed by atoms with Gasteiger partial charge in [-0.15, -0.1) is 0 Å². The standard InChI is InChI=1S/C22H23N5O/c1-3-27(4-2)14-15-5-6-17-12-21(24-19(17)11-15)18-13-20(25-26-22(18)28)16-7-9-23-10-8-16/h5-13,24H,3-4,14H2,1-2H3,(H,26,28). The summed E-state index contributed by atoms with van der Waals surface area (Å²) in [4.78, 5) is 22.2. The SMILES string of the molecule is CCN(CC)Cc1ccc2cc(-c3cc(-c4ccncc4)n[nH]c3=O)[nH]c2c1. The number of pyridine rings is 1. The molecule has 6 nitrogen and oxygen atoms in total. The third kappa shape index (κ3) is 3.59. The molecule has 0 aliphatic rings. The Morgan fingerprint density at radius 2 is 1.79 bits per heavy atom. The van der Waals surface area contributed by atoms with Crippen molar-refractivity contribution < 1.29 is 0 Å². The molecule has 28 heavy (non-hydrogen) atoms. The molecule has 4 aromatic rings. The molecular formula is C22H23N5O. The van der Waals surface area contributed by atoms with E-state index in [1.807, 2.05) is 24.3 Å². The van der Waals surface area contributed by atoms with Gasteiger partial charge in [0.2, 0.25) is 0 Å². The van der Waals surface area contributed by atoms with E-state index in [1.165, 1.54) is 5.56 Å². The third-order valence-corrected chi connectivity index (χ3v) is 5.06. The second kappa shape index (κ2) is 7.78. The molecule has 0 saturated heterocycles. The molecule has 0 aliphatic carbocycles. The third-order valence-electron chi connectivity index (χ3n) is 5.06. The first-order valence-corrected chi connectivity index (χ1v) is 9.52. The van der Waals surface area contributed by atoms with Gasteiger partial charge in [-0.2, -0.15) is 5.10 Å². The van der Waals surface area contributed by atoms with Crippen LogP contribution in [0.25, 0.3) is 33.4 Å². The van der Waals surface area contributed by atoms with Gasteiger partial charge >= 0.3 is 0 Å². The number of benzene rings is 1. The zero-order chi connectivity index (χ0) is 19.5. The molecule has 6 heteroatoms. The van der Waals surface area contributed by atoms with Crippen molar-refractivity contribution >= 4 is 10.9 Å². The number of nitrogens with zero attached hydrogens (tertiary/aromatic N) is 3. The van der Waals surface area contributed by atoms with E-state index in [4.69, 9.17) is 0 Å². The van der Waals surface area contributed by atoms with Crippen molar-refractivity contribution in [3.05, 3.63) is 70.8 Å². The van der Waals surface area contributed by atoms with Crippen LogP contribution in [0.1, 0.15) is 19.4 Å². The number of fused-ring (bicyclic) bond motifs is 1. The van der Waals surface area contributed by atoms with Gasteiger partial charge in [-0.25, -0.2) is 5.10 Å². The molecule has 1 aromatic carbocycles. The molecule has 4 rings (SSSR count). The van der Waals surface area contributed by atoms with Crippen LogP contribution in [0.4, 0.5) is 0 Å². The molecule has 0 unspecified atom stereocenters. The number of hydrogen-bond donors (Lipinski definition) is 2. The van der Waals surface area contributed by atoms with Crippen molar-refractivity contribution in [1.29, 1.82) is 0 Å². The minimum absolute atomic E-state index is 0.215. The van der Waals surface area contributed by atoms with Crippen LogP contribution in [0.15, 0.2) is 59.7 Å². The smallest absolute Gasteiger partial charge is 0.273 e. The largest absolute Gasteiger partial charge is 0.354 e. The Kier molecular flexibility index (Phi) is 5.04. The highest BCUT2D eigenvalue weighted by Gasteiger charge is 2.11. The van der Waals surface area contributed by atoms with Crippen LogP contribution in [-0.4, -0.2) is 38.2 Å². The lowest BCUT2D eigenvalue weighted by Gasteiger charge is -2.17. The van der Waals surface area contributed by atoms with Crippen molar-refractivity contribution in [2.75, 3.05) is 13.1 Å². The van der Waals surface area contributed by atoms with Gasteiger partial charge in [0.1, 0.15) is 0 Å². The Labute approximate surface area is 163 Å². The first kappa shape index (κ1) is 18.1. The molecule has 0 amide bonds. The fourth-order valence-corrected chi connectivity index (χ4v) is 3.40. The monoisotopic (exact) mass is 373 g/mol. The predicted octanol–water partition coefficient (Wildman–Crippen LogP) is 3.82. The summed E-state index contributed by atoms with van der Waals surface area (Å²) in [6.45, 7) is 7.30. The van der Waals surface area contributed by atoms with E-state index in [0.29, 0.717) is 11.3 Å². The summed E-state index contributed by atoms with van der Waals surface area (Å²) in [7, 11) is 0. The summed E-state index contributed by atoms with van der Waals surface area (Å²) in [5.41, 5.74) is 5.04. The summed E-state index contributed by atoms with van der Waals surface area (Å²) in [6.07, 6.45) is 3.42. The molecule has 142 valence electrons. The quantitative estimate of drug-likeness (QED) is 0.539. The normalized spacial score (nSPS) is 11.4. The van der Waals surface area contributed by atoms with Gasteiger partial charge in [0.15, 0.2) is 0 Å². The average molecular weight is 373 g/mol. The molecule has 3 heterocycles. The highest BCUT2D eigenvalue weighted by Crippen LogP contribution is 2.25. The molecule has 0 atom stereocenters. The molecule has 0 saturated carbocycles. The lowest BCUT2D eigenvalue weighted by atomic mass is 10.1. The van der Waals surface area contributed by atoms with E-state index in [1.54, 1.807) is 12.4 Å². The van der Waals surface area contributed by atoms with Gasteiger partial charge in [0.05, 0.1) is 17.0 Å². The highest BCUT2D eigenvalue weighted by molar-refractivity contribution is 5.86. The molecule has 0 spiro atoms. The Hall–Kier alpha value is -3.25. The topological polar surface area (TPSA) is 77.7 Å². The Morgan fingerprint density at radius 1 is 1.00 bits per heavy atom. The summed E-state index contributed by atoms with van der Waals surface area (Å²) >= 11 is 0. The molecule has 0 radical (unpaired) electrons. The van der Waals surface area contributed by atoms with Crippen LogP contribution in [-0.2, 0) is 6.54 Å². The molecule has 3 aromatic heterocycles. The number of aromatic amines is 2. The van der Waals surface area contributed by atoms with E-state index >= 15 is 0 Å². The van der Waals surface area contributed by atoms with E-state index < -0.39 is 0 Å². The zero-order valence-corrected chi connectivity index (χ0v) is 16.1. The highest BCUT2D eigenvalue weighted by atomic mass is 16.1. The minimum atomic E-state index is -0.215. The van der Waals surface area contributed by atoms with Crippen molar-refractivity contribution in [3.8, 4) is 22.5 Å². The summed E-state index contributed by atoms with van der Waals surface area (Å²) in [5, 5.41) is 7.86. The van der Waals surface area contributed by atoms with Crippen LogP contribution in [0, 0.1) is 0 Å². The first-order chi connectivity index (χ1) is 13.7. The number of hydrogen-bond acceptors (Lipinski definition) is 4.